The molecule has 27 heavy (non-hydrogen) atoms. The van der Waals surface area contributed by atoms with Gasteiger partial charge in [-0.3, -0.25) is 4.79 Å². The zero-order chi connectivity index (χ0) is 19.4. The van der Waals surface area contributed by atoms with Gasteiger partial charge in [0.1, 0.15) is 5.75 Å². The Labute approximate surface area is 151 Å². The molecule has 3 aromatic rings. The molecule has 0 bridgehead atoms. The van der Waals surface area contributed by atoms with E-state index in [1.807, 2.05) is 6.07 Å². The van der Waals surface area contributed by atoms with Crippen molar-refractivity contribution >= 4 is 22.7 Å². The van der Waals surface area contributed by atoms with Gasteiger partial charge in [0, 0.05) is 22.7 Å². The molecule has 0 saturated carbocycles. The van der Waals surface area contributed by atoms with E-state index in [4.69, 9.17) is 9.47 Å². The molecule has 1 heterocycles. The van der Waals surface area contributed by atoms with Crippen molar-refractivity contribution in [2.45, 2.75) is 6.18 Å². The average Bonchev–Trinajstić information content (AvgIpc) is 3.08. The van der Waals surface area contributed by atoms with Gasteiger partial charge in [-0.2, -0.15) is 13.2 Å². The fourth-order valence-electron chi connectivity index (χ4n) is 2.47. The smallest absolute Gasteiger partial charge is 0.416 e. The number of benzene rings is 2. The summed E-state index contributed by atoms with van der Waals surface area (Å²) in [6, 6.07) is 11.3. The normalized spacial score (nSPS) is 11.4. The number of halogens is 3. The SMILES string of the molecule is O=C(COc1cccc(C(F)(F)F)c1)OCC(=O)c1c[nH]c2ccccc12. The quantitative estimate of drug-likeness (QED) is 0.521. The van der Waals surface area contributed by atoms with Crippen LogP contribution in [0.3, 0.4) is 0 Å². The van der Waals surface area contributed by atoms with E-state index in [2.05, 4.69) is 4.98 Å². The molecule has 0 aliphatic heterocycles. The summed E-state index contributed by atoms with van der Waals surface area (Å²) in [4.78, 5) is 26.8. The first-order valence-electron chi connectivity index (χ1n) is 7.89. The zero-order valence-corrected chi connectivity index (χ0v) is 13.9. The summed E-state index contributed by atoms with van der Waals surface area (Å²) in [5.74, 6) is -1.38. The van der Waals surface area contributed by atoms with Gasteiger partial charge >= 0.3 is 12.1 Å². The van der Waals surface area contributed by atoms with Gasteiger partial charge in [0.15, 0.2) is 13.2 Å². The third-order valence-corrected chi connectivity index (χ3v) is 3.77. The van der Waals surface area contributed by atoms with Crippen LogP contribution < -0.4 is 4.74 Å². The molecule has 3 rings (SSSR count). The topological polar surface area (TPSA) is 68.4 Å². The predicted molar refractivity (Wildman–Crippen MR) is 90.5 cm³/mol. The van der Waals surface area contributed by atoms with Crippen LogP contribution in [0.25, 0.3) is 10.9 Å². The number of ether oxygens (including phenoxy) is 2. The van der Waals surface area contributed by atoms with Crippen LogP contribution in [0.5, 0.6) is 5.75 Å². The van der Waals surface area contributed by atoms with E-state index in [-0.39, 0.29) is 5.75 Å². The van der Waals surface area contributed by atoms with Gasteiger partial charge < -0.3 is 14.5 Å². The monoisotopic (exact) mass is 377 g/mol. The molecular weight excluding hydrogens is 363 g/mol. The molecule has 0 fully saturated rings. The number of hydrogen-bond acceptors (Lipinski definition) is 4. The Bertz CT molecular complexity index is 978. The van der Waals surface area contributed by atoms with Crippen LogP contribution in [0.15, 0.2) is 54.7 Å². The number of para-hydroxylation sites is 1. The Morgan fingerprint density at radius 1 is 1.00 bits per heavy atom. The zero-order valence-electron chi connectivity index (χ0n) is 13.9. The molecular formula is C19H14F3NO4. The highest BCUT2D eigenvalue weighted by atomic mass is 19.4. The van der Waals surface area contributed by atoms with E-state index in [0.717, 1.165) is 17.6 Å². The second-order valence-corrected chi connectivity index (χ2v) is 5.65. The van der Waals surface area contributed by atoms with Crippen molar-refractivity contribution in [2.75, 3.05) is 13.2 Å². The Morgan fingerprint density at radius 2 is 1.78 bits per heavy atom. The first-order valence-corrected chi connectivity index (χ1v) is 7.89. The average molecular weight is 377 g/mol. The minimum atomic E-state index is -4.51. The maximum atomic E-state index is 12.6. The highest BCUT2D eigenvalue weighted by molar-refractivity contribution is 6.08. The number of fused-ring (bicyclic) bond motifs is 1. The van der Waals surface area contributed by atoms with Crippen molar-refractivity contribution in [3.63, 3.8) is 0 Å². The Balaban J connectivity index is 1.53. The van der Waals surface area contributed by atoms with E-state index in [1.54, 1.807) is 18.2 Å². The van der Waals surface area contributed by atoms with Gasteiger partial charge in [-0.1, -0.05) is 24.3 Å². The number of hydrogen-bond donors (Lipinski definition) is 1. The van der Waals surface area contributed by atoms with E-state index >= 15 is 0 Å². The Morgan fingerprint density at radius 3 is 2.56 bits per heavy atom. The van der Waals surface area contributed by atoms with Crippen molar-refractivity contribution in [3.8, 4) is 5.75 Å². The summed E-state index contributed by atoms with van der Waals surface area (Å²) >= 11 is 0. The summed E-state index contributed by atoms with van der Waals surface area (Å²) in [6.07, 6.45) is -2.98. The highest BCUT2D eigenvalue weighted by Crippen LogP contribution is 2.31. The molecule has 0 unspecified atom stereocenters. The second-order valence-electron chi connectivity index (χ2n) is 5.65. The fraction of sp³-hybridized carbons (Fsp3) is 0.158. The number of nitrogens with one attached hydrogen (secondary N) is 1. The summed E-state index contributed by atoms with van der Waals surface area (Å²) in [6.45, 7) is -1.10. The predicted octanol–water partition coefficient (Wildman–Crippen LogP) is 3.99. The minimum absolute atomic E-state index is 0.121. The lowest BCUT2D eigenvalue weighted by Gasteiger charge is -2.10. The highest BCUT2D eigenvalue weighted by Gasteiger charge is 2.30. The molecule has 0 aliphatic rings. The number of Topliss-reactive ketones (excluding diaryl/α,β-unsaturated/α-hetero) is 1. The lowest BCUT2D eigenvalue weighted by molar-refractivity contribution is -0.144. The molecule has 2 aromatic carbocycles. The first kappa shape index (κ1) is 18.5. The van der Waals surface area contributed by atoms with Gasteiger partial charge in [0.25, 0.3) is 0 Å². The van der Waals surface area contributed by atoms with Crippen molar-refractivity contribution in [1.29, 1.82) is 0 Å². The van der Waals surface area contributed by atoms with Gasteiger partial charge in [0.05, 0.1) is 5.56 Å². The number of alkyl halides is 3. The largest absolute Gasteiger partial charge is 0.482 e. The number of carbonyl (C=O) groups is 2. The van der Waals surface area contributed by atoms with Crippen LogP contribution in [0.4, 0.5) is 13.2 Å². The van der Waals surface area contributed by atoms with E-state index in [0.29, 0.717) is 10.9 Å². The number of carbonyl (C=O) groups excluding carboxylic acids is 2. The number of aromatic amines is 1. The number of H-pyrrole nitrogens is 1. The molecule has 140 valence electrons. The second kappa shape index (κ2) is 7.53. The number of esters is 1. The third-order valence-electron chi connectivity index (χ3n) is 3.77. The van der Waals surface area contributed by atoms with E-state index < -0.39 is 36.7 Å². The summed E-state index contributed by atoms with van der Waals surface area (Å²) in [5.41, 5.74) is 0.278. The maximum absolute atomic E-state index is 12.6. The molecule has 0 saturated heterocycles. The van der Waals surface area contributed by atoms with Crippen LogP contribution in [0, 0.1) is 0 Å². The summed E-state index contributed by atoms with van der Waals surface area (Å²) in [7, 11) is 0. The maximum Gasteiger partial charge on any atom is 0.416 e. The van der Waals surface area contributed by atoms with Crippen LogP contribution in [0.2, 0.25) is 0 Å². The third kappa shape index (κ3) is 4.46. The lowest BCUT2D eigenvalue weighted by atomic mass is 10.1. The molecule has 0 aliphatic carbocycles. The molecule has 0 radical (unpaired) electrons. The molecule has 1 N–H and O–H groups in total. The van der Waals surface area contributed by atoms with Crippen LogP contribution in [-0.2, 0) is 15.7 Å². The fourth-order valence-corrected chi connectivity index (χ4v) is 2.47. The molecule has 0 atom stereocenters. The van der Waals surface area contributed by atoms with Gasteiger partial charge in [-0.05, 0) is 24.3 Å². The first-order chi connectivity index (χ1) is 12.8. The van der Waals surface area contributed by atoms with E-state index in [1.165, 1.54) is 18.3 Å². The number of ketones is 1. The molecule has 5 nitrogen and oxygen atoms in total. The van der Waals surface area contributed by atoms with Crippen molar-refractivity contribution in [1.82, 2.24) is 4.98 Å². The van der Waals surface area contributed by atoms with Gasteiger partial charge in [-0.15, -0.1) is 0 Å². The molecule has 8 heteroatoms. The Hall–Kier alpha value is -3.29. The molecule has 1 aromatic heterocycles. The Kier molecular flexibility index (Phi) is 5.16. The van der Waals surface area contributed by atoms with E-state index in [9.17, 15) is 22.8 Å². The van der Waals surface area contributed by atoms with Gasteiger partial charge in [-0.25, -0.2) is 4.79 Å². The van der Waals surface area contributed by atoms with Gasteiger partial charge in [0.2, 0.25) is 5.78 Å². The minimum Gasteiger partial charge on any atom is -0.482 e. The molecule has 0 amide bonds. The molecule has 0 spiro atoms. The standard InChI is InChI=1S/C19H14F3NO4/c20-19(21,22)12-4-3-5-13(8-12)26-11-18(25)27-10-17(24)15-9-23-16-7-2-1-6-14(15)16/h1-9,23H,10-11H2. The van der Waals surface area contributed by atoms with Crippen molar-refractivity contribution in [2.24, 2.45) is 0 Å². The van der Waals surface area contributed by atoms with Crippen LogP contribution >= 0.6 is 0 Å². The van der Waals surface area contributed by atoms with Crippen LogP contribution in [-0.4, -0.2) is 30.0 Å². The van der Waals surface area contributed by atoms with Crippen molar-refractivity contribution < 1.29 is 32.2 Å². The van der Waals surface area contributed by atoms with Crippen LogP contribution in [0.1, 0.15) is 15.9 Å². The lowest BCUT2D eigenvalue weighted by Crippen LogP contribution is -2.19. The number of aromatic nitrogens is 1. The van der Waals surface area contributed by atoms with Crippen molar-refractivity contribution in [3.05, 3.63) is 65.9 Å². The number of rotatable bonds is 6. The summed E-state index contributed by atoms with van der Waals surface area (Å²) in [5, 5.41) is 0.707. The summed E-state index contributed by atoms with van der Waals surface area (Å²) < 4.78 is 47.8.